The lowest BCUT2D eigenvalue weighted by Gasteiger charge is -2.32. The fourth-order valence-corrected chi connectivity index (χ4v) is 6.65. The molecule has 1 unspecified atom stereocenters. The Labute approximate surface area is 205 Å². The monoisotopic (exact) mass is 476 g/mol. The number of ether oxygens (including phenoxy) is 1. The molecule has 1 atom stereocenters. The Morgan fingerprint density at radius 2 is 1.91 bits per heavy atom. The van der Waals surface area contributed by atoms with E-state index in [1.807, 2.05) is 6.92 Å². The Bertz CT molecular complexity index is 1200. The second-order valence-corrected chi connectivity index (χ2v) is 10.4. The van der Waals surface area contributed by atoms with Gasteiger partial charge in [0.05, 0.1) is 18.1 Å². The Morgan fingerprint density at radius 3 is 2.79 bits per heavy atom. The predicted molar refractivity (Wildman–Crippen MR) is 137 cm³/mol. The number of fused-ring (bicyclic) bond motifs is 2. The van der Waals surface area contributed by atoms with Crippen LogP contribution in [0.25, 0.3) is 10.8 Å². The van der Waals surface area contributed by atoms with Crippen molar-refractivity contribution in [2.24, 2.45) is 5.92 Å². The lowest BCUT2D eigenvalue weighted by atomic mass is 9.94. The lowest BCUT2D eigenvalue weighted by Crippen LogP contribution is -2.40. The van der Waals surface area contributed by atoms with E-state index in [2.05, 4.69) is 52.7 Å². The second-order valence-electron chi connectivity index (χ2n) is 9.34. The largest absolute Gasteiger partial charge is 0.462 e. The van der Waals surface area contributed by atoms with Gasteiger partial charge in [0, 0.05) is 18.0 Å². The van der Waals surface area contributed by atoms with E-state index < -0.39 is 0 Å². The summed E-state index contributed by atoms with van der Waals surface area (Å²) in [6.07, 6.45) is 5.94. The number of thiophene rings is 1. The molecule has 2 aromatic carbocycles. The molecule has 0 radical (unpaired) electrons. The summed E-state index contributed by atoms with van der Waals surface area (Å²) in [7, 11) is 0. The molecular weight excluding hydrogens is 444 g/mol. The maximum Gasteiger partial charge on any atom is 0.341 e. The third-order valence-electron chi connectivity index (χ3n) is 7.04. The highest BCUT2D eigenvalue weighted by Gasteiger charge is 2.31. The van der Waals surface area contributed by atoms with Gasteiger partial charge in [-0.3, -0.25) is 9.69 Å². The van der Waals surface area contributed by atoms with Crippen LogP contribution in [-0.2, 0) is 28.9 Å². The first-order valence-electron chi connectivity index (χ1n) is 12.5. The quantitative estimate of drug-likeness (QED) is 0.456. The first-order valence-corrected chi connectivity index (χ1v) is 13.3. The summed E-state index contributed by atoms with van der Waals surface area (Å²) in [5, 5.41) is 6.35. The number of anilines is 1. The van der Waals surface area contributed by atoms with Gasteiger partial charge in [-0.15, -0.1) is 11.3 Å². The molecule has 2 heterocycles. The molecule has 1 aliphatic heterocycles. The minimum absolute atomic E-state index is 0.0202. The van der Waals surface area contributed by atoms with E-state index in [0.29, 0.717) is 17.2 Å². The maximum absolute atomic E-state index is 13.3. The highest BCUT2D eigenvalue weighted by Crippen LogP contribution is 2.39. The predicted octanol–water partition coefficient (Wildman–Crippen LogP) is 5.81. The first-order chi connectivity index (χ1) is 16.6. The number of carbonyl (C=O) groups is 2. The van der Waals surface area contributed by atoms with Gasteiger partial charge in [-0.05, 0) is 73.9 Å². The molecule has 5 nitrogen and oxygen atoms in total. The molecule has 0 saturated carbocycles. The van der Waals surface area contributed by atoms with E-state index in [4.69, 9.17) is 4.74 Å². The van der Waals surface area contributed by atoms with E-state index in [1.165, 1.54) is 21.2 Å². The summed E-state index contributed by atoms with van der Waals surface area (Å²) < 4.78 is 5.35. The number of hydrogen-bond acceptors (Lipinski definition) is 5. The van der Waals surface area contributed by atoms with Crippen LogP contribution in [0, 0.1) is 5.92 Å². The zero-order chi connectivity index (χ0) is 23.5. The van der Waals surface area contributed by atoms with Crippen LogP contribution in [0.2, 0.25) is 0 Å². The van der Waals surface area contributed by atoms with Gasteiger partial charge in [-0.2, -0.15) is 0 Å². The minimum atomic E-state index is -0.307. The number of rotatable bonds is 6. The number of likely N-dealkylation sites (tertiary alicyclic amines) is 1. The lowest BCUT2D eigenvalue weighted by molar-refractivity contribution is -0.121. The van der Waals surface area contributed by atoms with Crippen LogP contribution < -0.4 is 5.32 Å². The van der Waals surface area contributed by atoms with Gasteiger partial charge in [0.1, 0.15) is 5.00 Å². The van der Waals surface area contributed by atoms with Crippen molar-refractivity contribution in [1.29, 1.82) is 0 Å². The minimum Gasteiger partial charge on any atom is -0.462 e. The van der Waals surface area contributed by atoms with Crippen LogP contribution >= 0.6 is 11.3 Å². The Hall–Kier alpha value is -2.70. The van der Waals surface area contributed by atoms with Crippen LogP contribution in [0.3, 0.4) is 0 Å². The molecule has 1 amide bonds. The fraction of sp³-hybridized carbons (Fsp3) is 0.429. The van der Waals surface area contributed by atoms with Crippen LogP contribution in [-0.4, -0.2) is 36.5 Å². The number of amides is 1. The SMILES string of the molecule is CCOC(=O)c1c(NC(=O)C2CCCN(Cc3cccc4ccccc34)C2)sc2c1CCCC2. The molecule has 178 valence electrons. The van der Waals surface area contributed by atoms with Crippen molar-refractivity contribution in [2.75, 3.05) is 25.0 Å². The van der Waals surface area contributed by atoms with Gasteiger partial charge in [0.2, 0.25) is 5.91 Å². The van der Waals surface area contributed by atoms with Crippen LogP contribution in [0.1, 0.15) is 59.0 Å². The molecule has 1 saturated heterocycles. The molecule has 3 aromatic rings. The normalized spacial score (nSPS) is 18.4. The Morgan fingerprint density at radius 1 is 1.09 bits per heavy atom. The number of nitrogens with one attached hydrogen (secondary N) is 1. The highest BCUT2D eigenvalue weighted by atomic mass is 32.1. The molecule has 1 N–H and O–H groups in total. The molecule has 34 heavy (non-hydrogen) atoms. The highest BCUT2D eigenvalue weighted by molar-refractivity contribution is 7.17. The molecular formula is C28H32N2O3S. The topological polar surface area (TPSA) is 58.6 Å². The Balaban J connectivity index is 1.31. The molecule has 1 aromatic heterocycles. The van der Waals surface area contributed by atoms with E-state index in [0.717, 1.165) is 63.7 Å². The summed E-state index contributed by atoms with van der Waals surface area (Å²) in [5.41, 5.74) is 2.99. The standard InChI is InChI=1S/C28H32N2O3S/c1-2-33-28(32)25-23-14-5-6-15-24(23)34-27(25)29-26(31)21-12-8-16-30(18-21)17-20-11-7-10-19-9-3-4-13-22(19)20/h3-4,7,9-11,13,21H,2,5-6,8,12,14-18H2,1H3,(H,29,31). The van der Waals surface area contributed by atoms with Crippen molar-refractivity contribution in [3.05, 3.63) is 64.0 Å². The molecule has 1 aliphatic carbocycles. The zero-order valence-electron chi connectivity index (χ0n) is 19.8. The number of benzene rings is 2. The summed E-state index contributed by atoms with van der Waals surface area (Å²) in [6, 6.07) is 14.9. The number of hydrogen-bond donors (Lipinski definition) is 1. The molecule has 0 spiro atoms. The fourth-order valence-electron chi connectivity index (χ4n) is 5.37. The number of carbonyl (C=O) groups excluding carboxylic acids is 2. The van der Waals surface area contributed by atoms with Crippen molar-refractivity contribution in [3.63, 3.8) is 0 Å². The van der Waals surface area contributed by atoms with Gasteiger partial charge in [-0.25, -0.2) is 4.79 Å². The number of aryl methyl sites for hydroxylation is 1. The molecule has 0 bridgehead atoms. The van der Waals surface area contributed by atoms with E-state index in [-0.39, 0.29) is 17.8 Å². The van der Waals surface area contributed by atoms with Crippen molar-refractivity contribution >= 4 is 39.0 Å². The number of piperidine rings is 1. The van der Waals surface area contributed by atoms with E-state index >= 15 is 0 Å². The third-order valence-corrected chi connectivity index (χ3v) is 8.25. The van der Waals surface area contributed by atoms with Crippen molar-refractivity contribution in [1.82, 2.24) is 4.90 Å². The third kappa shape index (κ3) is 4.75. The van der Waals surface area contributed by atoms with Gasteiger partial charge in [-0.1, -0.05) is 42.5 Å². The molecule has 2 aliphatic rings. The summed E-state index contributed by atoms with van der Waals surface area (Å²) >= 11 is 1.57. The molecule has 1 fully saturated rings. The van der Waals surface area contributed by atoms with Gasteiger partial charge >= 0.3 is 5.97 Å². The Kier molecular flexibility index (Phi) is 6.97. The van der Waals surface area contributed by atoms with Crippen LogP contribution in [0.15, 0.2) is 42.5 Å². The van der Waals surface area contributed by atoms with Crippen LogP contribution in [0.4, 0.5) is 5.00 Å². The van der Waals surface area contributed by atoms with E-state index in [9.17, 15) is 9.59 Å². The first kappa shape index (κ1) is 23.1. The van der Waals surface area contributed by atoms with Gasteiger partial charge in [0.15, 0.2) is 0 Å². The summed E-state index contributed by atoms with van der Waals surface area (Å²) in [6.45, 7) is 4.72. The second kappa shape index (κ2) is 10.3. The van der Waals surface area contributed by atoms with E-state index in [1.54, 1.807) is 11.3 Å². The zero-order valence-corrected chi connectivity index (χ0v) is 20.6. The van der Waals surface area contributed by atoms with Gasteiger partial charge in [0.25, 0.3) is 0 Å². The smallest absolute Gasteiger partial charge is 0.341 e. The van der Waals surface area contributed by atoms with Crippen molar-refractivity contribution < 1.29 is 14.3 Å². The summed E-state index contributed by atoms with van der Waals surface area (Å²) in [4.78, 5) is 29.7. The molecule has 6 heteroatoms. The van der Waals surface area contributed by atoms with Gasteiger partial charge < -0.3 is 10.1 Å². The van der Waals surface area contributed by atoms with Crippen molar-refractivity contribution in [2.45, 2.75) is 52.0 Å². The average molecular weight is 477 g/mol. The van der Waals surface area contributed by atoms with Crippen molar-refractivity contribution in [3.8, 4) is 0 Å². The number of esters is 1. The average Bonchev–Trinajstić information content (AvgIpc) is 3.22. The number of nitrogens with zero attached hydrogens (tertiary/aromatic N) is 1. The maximum atomic E-state index is 13.3. The molecule has 5 rings (SSSR count). The summed E-state index contributed by atoms with van der Waals surface area (Å²) in [5.74, 6) is -0.372. The van der Waals surface area contributed by atoms with Crippen LogP contribution in [0.5, 0.6) is 0 Å².